The smallest absolute Gasteiger partial charge is 0.227 e. The molecule has 6 nitrogen and oxygen atoms in total. The second-order valence-corrected chi connectivity index (χ2v) is 7.42. The molecule has 0 radical (unpaired) electrons. The Bertz CT molecular complexity index is 1310. The van der Waals surface area contributed by atoms with Gasteiger partial charge in [0.15, 0.2) is 0 Å². The zero-order chi connectivity index (χ0) is 19.8. The molecule has 5 rings (SSSR count). The van der Waals surface area contributed by atoms with Gasteiger partial charge in [-0.2, -0.15) is 5.10 Å². The summed E-state index contributed by atoms with van der Waals surface area (Å²) in [7, 11) is 1.89. The largest absolute Gasteiger partial charge is 0.324 e. The van der Waals surface area contributed by atoms with E-state index in [-0.39, 0.29) is 5.82 Å². The Labute approximate surface area is 169 Å². The summed E-state index contributed by atoms with van der Waals surface area (Å²) in [5, 5.41) is 11.1. The minimum absolute atomic E-state index is 0.317. The van der Waals surface area contributed by atoms with E-state index in [0.717, 1.165) is 32.6 Å². The van der Waals surface area contributed by atoms with Crippen LogP contribution in [0.15, 0.2) is 66.6 Å². The van der Waals surface area contributed by atoms with Gasteiger partial charge in [0.1, 0.15) is 10.8 Å². The molecule has 3 heterocycles. The Morgan fingerprint density at radius 1 is 1.07 bits per heavy atom. The second-order valence-electron chi connectivity index (χ2n) is 6.53. The Morgan fingerprint density at radius 2 is 2.00 bits per heavy atom. The normalized spacial score (nSPS) is 11.1. The lowest BCUT2D eigenvalue weighted by Gasteiger charge is -2.10. The maximum atomic E-state index is 13.5. The van der Waals surface area contributed by atoms with Gasteiger partial charge in [0.2, 0.25) is 5.95 Å². The molecule has 0 amide bonds. The fraction of sp³-hybridized carbons (Fsp3) is 0.0476. The van der Waals surface area contributed by atoms with E-state index in [0.29, 0.717) is 11.6 Å². The zero-order valence-corrected chi connectivity index (χ0v) is 16.2. The zero-order valence-electron chi connectivity index (χ0n) is 15.4. The van der Waals surface area contributed by atoms with E-state index in [4.69, 9.17) is 0 Å². The van der Waals surface area contributed by atoms with Crippen LogP contribution in [0.2, 0.25) is 0 Å². The molecule has 0 bridgehead atoms. The van der Waals surface area contributed by atoms with E-state index in [1.54, 1.807) is 40.5 Å². The lowest BCUT2D eigenvalue weighted by Crippen LogP contribution is -1.98. The number of hydrogen-bond acceptors (Lipinski definition) is 6. The summed E-state index contributed by atoms with van der Waals surface area (Å²) in [5.74, 6) is 0.0879. The van der Waals surface area contributed by atoms with Gasteiger partial charge >= 0.3 is 0 Å². The summed E-state index contributed by atoms with van der Waals surface area (Å²) in [6.07, 6.45) is 7.34. The van der Waals surface area contributed by atoms with Gasteiger partial charge in [-0.3, -0.25) is 4.68 Å². The highest BCUT2D eigenvalue weighted by atomic mass is 32.1. The van der Waals surface area contributed by atoms with Gasteiger partial charge in [-0.25, -0.2) is 19.3 Å². The molecule has 142 valence electrons. The number of halogens is 1. The fourth-order valence-electron chi connectivity index (χ4n) is 3.17. The molecule has 29 heavy (non-hydrogen) atoms. The van der Waals surface area contributed by atoms with Crippen molar-refractivity contribution in [2.75, 3.05) is 5.32 Å². The second kappa shape index (κ2) is 7.06. The van der Waals surface area contributed by atoms with Gasteiger partial charge in [-0.15, -0.1) is 11.3 Å². The van der Waals surface area contributed by atoms with Gasteiger partial charge in [0, 0.05) is 53.2 Å². The minimum Gasteiger partial charge on any atom is -0.324 e. The quantitative estimate of drug-likeness (QED) is 0.456. The topological polar surface area (TPSA) is 68.5 Å². The molecule has 0 saturated carbocycles. The molecular formula is C21H15FN6S. The molecule has 0 fully saturated rings. The molecule has 8 heteroatoms. The Morgan fingerprint density at radius 3 is 2.76 bits per heavy atom. The third kappa shape index (κ3) is 3.45. The fourth-order valence-corrected chi connectivity index (χ4v) is 3.84. The molecular weight excluding hydrogens is 387 g/mol. The van der Waals surface area contributed by atoms with E-state index in [9.17, 15) is 4.39 Å². The predicted octanol–water partition coefficient (Wildman–Crippen LogP) is 5.04. The Kier molecular flexibility index (Phi) is 4.25. The van der Waals surface area contributed by atoms with Crippen LogP contribution in [-0.2, 0) is 7.05 Å². The molecule has 0 aliphatic heterocycles. The summed E-state index contributed by atoms with van der Waals surface area (Å²) in [5.41, 5.74) is 4.36. The molecule has 0 aliphatic rings. The van der Waals surface area contributed by atoms with Crippen molar-refractivity contribution in [1.29, 1.82) is 0 Å². The van der Waals surface area contributed by atoms with E-state index < -0.39 is 0 Å². The van der Waals surface area contributed by atoms with Crippen molar-refractivity contribution in [1.82, 2.24) is 24.7 Å². The number of thiazole rings is 1. The average molecular weight is 402 g/mol. The third-order valence-electron chi connectivity index (χ3n) is 4.48. The molecule has 2 aromatic carbocycles. The SMILES string of the molecule is Cn1cc(-c2cc3nc(Nc4cccc(F)c4)ncc3cc2-c2nccs2)cn1. The summed E-state index contributed by atoms with van der Waals surface area (Å²) in [6, 6.07) is 10.3. The maximum Gasteiger partial charge on any atom is 0.227 e. The highest BCUT2D eigenvalue weighted by Gasteiger charge is 2.14. The third-order valence-corrected chi connectivity index (χ3v) is 5.28. The number of rotatable bonds is 4. The van der Waals surface area contributed by atoms with E-state index in [1.807, 2.05) is 37.0 Å². The van der Waals surface area contributed by atoms with Crippen molar-refractivity contribution in [2.24, 2.45) is 7.05 Å². The molecule has 1 N–H and O–H groups in total. The van der Waals surface area contributed by atoms with E-state index >= 15 is 0 Å². The minimum atomic E-state index is -0.317. The molecule has 0 aliphatic carbocycles. The number of nitrogens with one attached hydrogen (secondary N) is 1. The highest BCUT2D eigenvalue weighted by Crippen LogP contribution is 2.36. The molecule has 5 aromatic rings. The summed E-state index contributed by atoms with van der Waals surface area (Å²) in [6.45, 7) is 0. The summed E-state index contributed by atoms with van der Waals surface area (Å²) < 4.78 is 15.2. The number of anilines is 2. The summed E-state index contributed by atoms with van der Waals surface area (Å²) >= 11 is 1.58. The van der Waals surface area contributed by atoms with Gasteiger partial charge in [-0.05, 0) is 35.9 Å². The van der Waals surface area contributed by atoms with E-state index in [1.165, 1.54) is 12.1 Å². The van der Waals surface area contributed by atoms with Crippen molar-refractivity contribution in [3.05, 3.63) is 72.4 Å². The van der Waals surface area contributed by atoms with Crippen molar-refractivity contribution in [3.8, 4) is 21.7 Å². The standard InChI is InChI=1S/C21H15FN6S/c1-28-12-14(11-25-28)17-9-19-13(7-18(17)20-23-5-6-29-20)10-24-21(27-19)26-16-4-2-3-15(22)8-16/h2-12H,1H3,(H,24,26,27). The number of nitrogens with zero attached hydrogens (tertiary/aromatic N) is 5. The van der Waals surface area contributed by atoms with Crippen LogP contribution in [0.3, 0.4) is 0 Å². The Hall–Kier alpha value is -3.65. The van der Waals surface area contributed by atoms with Crippen molar-refractivity contribution < 1.29 is 4.39 Å². The monoisotopic (exact) mass is 402 g/mol. The van der Waals surface area contributed by atoms with Crippen molar-refractivity contribution in [2.45, 2.75) is 0 Å². The lowest BCUT2D eigenvalue weighted by molar-refractivity contribution is 0.628. The molecule has 3 aromatic heterocycles. The number of aryl methyl sites for hydroxylation is 1. The van der Waals surface area contributed by atoms with Crippen LogP contribution in [0.5, 0.6) is 0 Å². The molecule has 0 spiro atoms. The Balaban J connectivity index is 1.63. The maximum absolute atomic E-state index is 13.5. The highest BCUT2D eigenvalue weighted by molar-refractivity contribution is 7.13. The van der Waals surface area contributed by atoms with Crippen molar-refractivity contribution in [3.63, 3.8) is 0 Å². The number of fused-ring (bicyclic) bond motifs is 1. The van der Waals surface area contributed by atoms with Gasteiger partial charge in [-0.1, -0.05) is 6.07 Å². The first kappa shape index (κ1) is 17.4. The van der Waals surface area contributed by atoms with Crippen LogP contribution < -0.4 is 5.32 Å². The van der Waals surface area contributed by atoms with E-state index in [2.05, 4.69) is 25.4 Å². The first-order chi connectivity index (χ1) is 14.2. The lowest BCUT2D eigenvalue weighted by atomic mass is 10.0. The number of hydrogen-bond donors (Lipinski definition) is 1. The van der Waals surface area contributed by atoms with Crippen LogP contribution in [-0.4, -0.2) is 24.7 Å². The first-order valence-corrected chi connectivity index (χ1v) is 9.76. The average Bonchev–Trinajstić information content (AvgIpc) is 3.39. The van der Waals surface area contributed by atoms with Gasteiger partial charge in [0.05, 0.1) is 11.7 Å². The number of benzene rings is 2. The molecule has 0 unspecified atom stereocenters. The molecule has 0 saturated heterocycles. The van der Waals surface area contributed by atoms with Crippen LogP contribution in [0.25, 0.3) is 32.6 Å². The van der Waals surface area contributed by atoms with Crippen LogP contribution in [0.1, 0.15) is 0 Å². The van der Waals surface area contributed by atoms with Gasteiger partial charge < -0.3 is 5.32 Å². The van der Waals surface area contributed by atoms with Gasteiger partial charge in [0.25, 0.3) is 0 Å². The predicted molar refractivity (Wildman–Crippen MR) is 113 cm³/mol. The number of aromatic nitrogens is 5. The first-order valence-electron chi connectivity index (χ1n) is 8.88. The van der Waals surface area contributed by atoms with Crippen LogP contribution in [0.4, 0.5) is 16.0 Å². The van der Waals surface area contributed by atoms with Crippen LogP contribution >= 0.6 is 11.3 Å². The van der Waals surface area contributed by atoms with Crippen LogP contribution in [0, 0.1) is 5.82 Å². The summed E-state index contributed by atoms with van der Waals surface area (Å²) in [4.78, 5) is 13.5. The van der Waals surface area contributed by atoms with Crippen molar-refractivity contribution >= 4 is 33.9 Å². The molecule has 0 atom stereocenters.